The molecule has 0 radical (unpaired) electrons. The van der Waals surface area contributed by atoms with Crippen molar-refractivity contribution in [3.8, 4) is 0 Å². The fourth-order valence-corrected chi connectivity index (χ4v) is 2.29. The van der Waals surface area contributed by atoms with Gasteiger partial charge < -0.3 is 0 Å². The van der Waals surface area contributed by atoms with E-state index in [-0.39, 0.29) is 11.8 Å². The van der Waals surface area contributed by atoms with E-state index < -0.39 is 0 Å². The Hall–Kier alpha value is -0.660. The van der Waals surface area contributed by atoms with E-state index in [9.17, 15) is 9.59 Å². The third kappa shape index (κ3) is 3.24. The number of Topliss-reactive ketones (excluding diaryl/α,β-unsaturated/α-hetero) is 2. The molecule has 0 saturated heterocycles. The average Bonchev–Trinajstić information content (AvgIpc) is 2.01. The Labute approximate surface area is 86.1 Å². The van der Waals surface area contributed by atoms with Crippen LogP contribution in [-0.2, 0) is 9.59 Å². The summed E-state index contributed by atoms with van der Waals surface area (Å²) in [6, 6.07) is 0. The summed E-state index contributed by atoms with van der Waals surface area (Å²) in [5, 5.41) is 0. The van der Waals surface area contributed by atoms with E-state index in [0.29, 0.717) is 11.6 Å². The van der Waals surface area contributed by atoms with Gasteiger partial charge >= 0.3 is 0 Å². The van der Waals surface area contributed by atoms with Crippen molar-refractivity contribution in [2.24, 2.45) is 11.8 Å². The van der Waals surface area contributed by atoms with Crippen molar-refractivity contribution in [2.75, 3.05) is 0 Å². The second-order valence-corrected chi connectivity index (χ2v) is 4.48. The highest BCUT2D eigenvalue weighted by Crippen LogP contribution is 2.27. The highest BCUT2D eigenvalue weighted by molar-refractivity contribution is 5.79. The van der Waals surface area contributed by atoms with Gasteiger partial charge in [0.25, 0.3) is 0 Å². The van der Waals surface area contributed by atoms with Crippen molar-refractivity contribution in [2.45, 2.75) is 52.4 Å². The van der Waals surface area contributed by atoms with Crippen LogP contribution in [0.25, 0.3) is 0 Å². The molecule has 2 unspecified atom stereocenters. The predicted octanol–water partition coefficient (Wildman–Crippen LogP) is 2.75. The van der Waals surface area contributed by atoms with Crippen molar-refractivity contribution in [3.63, 3.8) is 0 Å². The van der Waals surface area contributed by atoms with Crippen LogP contribution >= 0.6 is 0 Å². The molecule has 0 aromatic heterocycles. The van der Waals surface area contributed by atoms with Crippen LogP contribution in [0.5, 0.6) is 0 Å². The molecule has 0 N–H and O–H groups in total. The van der Waals surface area contributed by atoms with Gasteiger partial charge in [0.2, 0.25) is 0 Å². The van der Waals surface area contributed by atoms with Gasteiger partial charge in [-0.2, -0.15) is 0 Å². The first-order valence-corrected chi connectivity index (χ1v) is 5.62. The molecular formula is C12H20O2. The summed E-state index contributed by atoms with van der Waals surface area (Å²) >= 11 is 0. The zero-order valence-electron chi connectivity index (χ0n) is 9.21. The summed E-state index contributed by atoms with van der Waals surface area (Å²) in [5.74, 6) is 1.04. The van der Waals surface area contributed by atoms with E-state index in [2.05, 4.69) is 0 Å². The fourth-order valence-electron chi connectivity index (χ4n) is 2.29. The van der Waals surface area contributed by atoms with Gasteiger partial charge in [-0.15, -0.1) is 0 Å². The van der Waals surface area contributed by atoms with E-state index in [1.807, 2.05) is 0 Å². The van der Waals surface area contributed by atoms with E-state index in [0.717, 1.165) is 38.5 Å². The maximum atomic E-state index is 11.3. The number of rotatable bonds is 2. The molecule has 0 spiro atoms. The minimum Gasteiger partial charge on any atom is -0.300 e. The Morgan fingerprint density at radius 2 is 1.14 bits per heavy atom. The van der Waals surface area contributed by atoms with Crippen molar-refractivity contribution in [1.29, 1.82) is 0 Å². The normalized spacial score (nSPS) is 29.0. The van der Waals surface area contributed by atoms with E-state index >= 15 is 0 Å². The van der Waals surface area contributed by atoms with Gasteiger partial charge in [-0.3, -0.25) is 9.59 Å². The highest BCUT2D eigenvalue weighted by Gasteiger charge is 2.22. The molecule has 1 aliphatic rings. The van der Waals surface area contributed by atoms with E-state index in [4.69, 9.17) is 0 Å². The summed E-state index contributed by atoms with van der Waals surface area (Å²) < 4.78 is 0. The Balaban J connectivity index is 2.50. The summed E-state index contributed by atoms with van der Waals surface area (Å²) in [7, 11) is 0. The van der Waals surface area contributed by atoms with Crippen LogP contribution < -0.4 is 0 Å². The molecule has 2 nitrogen and oxygen atoms in total. The molecule has 80 valence electrons. The molecule has 1 aliphatic carbocycles. The second-order valence-electron chi connectivity index (χ2n) is 4.48. The van der Waals surface area contributed by atoms with Gasteiger partial charge in [0.1, 0.15) is 11.6 Å². The van der Waals surface area contributed by atoms with Crippen LogP contribution in [-0.4, -0.2) is 11.6 Å². The van der Waals surface area contributed by atoms with Crippen LogP contribution in [0.15, 0.2) is 0 Å². The standard InChI is InChI=1S/C12H20O2/c1-9(13)11-5-3-4-6-12(8-7-11)10(2)14/h11-12H,3-8H2,1-2H3. The van der Waals surface area contributed by atoms with E-state index in [1.54, 1.807) is 13.8 Å². The lowest BCUT2D eigenvalue weighted by Crippen LogP contribution is -2.19. The van der Waals surface area contributed by atoms with Crippen LogP contribution in [0, 0.1) is 11.8 Å². The Morgan fingerprint density at radius 3 is 1.43 bits per heavy atom. The Bertz CT molecular complexity index is 196. The van der Waals surface area contributed by atoms with Crippen LogP contribution in [0.4, 0.5) is 0 Å². The SMILES string of the molecule is CC(=O)C1CCCCC(C(C)=O)CC1. The number of carbonyl (C=O) groups is 2. The van der Waals surface area contributed by atoms with Gasteiger partial charge in [-0.1, -0.05) is 12.8 Å². The first-order chi connectivity index (χ1) is 6.61. The molecular weight excluding hydrogens is 176 g/mol. The lowest BCUT2D eigenvalue weighted by molar-refractivity contribution is -0.124. The molecule has 2 atom stereocenters. The second kappa shape index (κ2) is 5.28. The molecule has 1 fully saturated rings. The molecule has 1 rings (SSSR count). The van der Waals surface area contributed by atoms with Gasteiger partial charge in [0.15, 0.2) is 0 Å². The lowest BCUT2D eigenvalue weighted by Gasteiger charge is -2.21. The van der Waals surface area contributed by atoms with Gasteiger partial charge in [0.05, 0.1) is 0 Å². The van der Waals surface area contributed by atoms with Gasteiger partial charge in [-0.05, 0) is 39.5 Å². The average molecular weight is 196 g/mol. The smallest absolute Gasteiger partial charge is 0.132 e. The first-order valence-electron chi connectivity index (χ1n) is 5.62. The molecule has 14 heavy (non-hydrogen) atoms. The molecule has 0 bridgehead atoms. The largest absolute Gasteiger partial charge is 0.300 e. The Morgan fingerprint density at radius 1 is 0.786 bits per heavy atom. The minimum absolute atomic E-state index is 0.220. The van der Waals surface area contributed by atoms with Crippen LogP contribution in [0.1, 0.15) is 52.4 Å². The molecule has 0 amide bonds. The zero-order valence-corrected chi connectivity index (χ0v) is 9.21. The predicted molar refractivity (Wildman–Crippen MR) is 56.0 cm³/mol. The monoisotopic (exact) mass is 196 g/mol. The van der Waals surface area contributed by atoms with Crippen molar-refractivity contribution >= 4 is 11.6 Å². The maximum absolute atomic E-state index is 11.3. The summed E-state index contributed by atoms with van der Waals surface area (Å²) in [6.45, 7) is 3.35. The number of carbonyl (C=O) groups excluding carboxylic acids is 2. The summed E-state index contributed by atoms with van der Waals surface area (Å²) in [4.78, 5) is 22.5. The quantitative estimate of drug-likeness (QED) is 0.680. The molecule has 0 aliphatic heterocycles. The number of hydrogen-bond donors (Lipinski definition) is 0. The summed E-state index contributed by atoms with van der Waals surface area (Å²) in [5.41, 5.74) is 0. The molecule has 0 aromatic carbocycles. The minimum atomic E-state index is 0.220. The van der Waals surface area contributed by atoms with E-state index in [1.165, 1.54) is 0 Å². The van der Waals surface area contributed by atoms with Crippen LogP contribution in [0.3, 0.4) is 0 Å². The molecule has 0 heterocycles. The highest BCUT2D eigenvalue weighted by atomic mass is 16.1. The molecule has 2 heteroatoms. The first kappa shape index (κ1) is 11.4. The zero-order chi connectivity index (χ0) is 10.6. The third-order valence-electron chi connectivity index (χ3n) is 3.37. The van der Waals surface area contributed by atoms with Crippen molar-refractivity contribution in [3.05, 3.63) is 0 Å². The van der Waals surface area contributed by atoms with Crippen LogP contribution in [0.2, 0.25) is 0 Å². The number of hydrogen-bond acceptors (Lipinski definition) is 2. The maximum Gasteiger partial charge on any atom is 0.132 e. The van der Waals surface area contributed by atoms with Crippen molar-refractivity contribution < 1.29 is 9.59 Å². The summed E-state index contributed by atoms with van der Waals surface area (Å²) in [6.07, 6.45) is 6.10. The van der Waals surface area contributed by atoms with Gasteiger partial charge in [0, 0.05) is 11.8 Å². The number of ketones is 2. The fraction of sp³-hybridized carbons (Fsp3) is 0.833. The van der Waals surface area contributed by atoms with Crippen molar-refractivity contribution in [1.82, 2.24) is 0 Å². The Kier molecular flexibility index (Phi) is 4.30. The third-order valence-corrected chi connectivity index (χ3v) is 3.37. The lowest BCUT2D eigenvalue weighted by atomic mass is 9.82. The van der Waals surface area contributed by atoms with Gasteiger partial charge in [-0.25, -0.2) is 0 Å². The molecule has 1 saturated carbocycles. The molecule has 0 aromatic rings. The topological polar surface area (TPSA) is 34.1 Å².